The molecule has 0 spiro atoms. The molecule has 0 saturated carbocycles. The summed E-state index contributed by atoms with van der Waals surface area (Å²) in [5, 5.41) is 2.21. The highest BCUT2D eigenvalue weighted by molar-refractivity contribution is 6.06. The van der Waals surface area contributed by atoms with E-state index in [-0.39, 0.29) is 0 Å². The van der Waals surface area contributed by atoms with E-state index in [4.69, 9.17) is 14.4 Å². The normalized spacial score (nSPS) is 11.3. The summed E-state index contributed by atoms with van der Waals surface area (Å²) in [6.45, 7) is 0. The molecule has 49 heavy (non-hydrogen) atoms. The fraction of sp³-hybridized carbons (Fsp3) is 0. The van der Waals surface area contributed by atoms with Gasteiger partial charge in [-0.25, -0.2) is 9.97 Å². The molecule has 3 aromatic heterocycles. The molecule has 0 unspecified atom stereocenters. The maximum absolute atomic E-state index is 6.16. The van der Waals surface area contributed by atoms with Crippen LogP contribution in [-0.2, 0) is 0 Å². The zero-order valence-electron chi connectivity index (χ0n) is 26.5. The molecule has 0 aliphatic carbocycles. The fourth-order valence-corrected chi connectivity index (χ4v) is 6.48. The molecule has 0 atom stereocenters. The number of fused-ring (bicyclic) bond motifs is 3. The first-order valence-corrected chi connectivity index (χ1v) is 16.3. The van der Waals surface area contributed by atoms with E-state index < -0.39 is 0 Å². The van der Waals surface area contributed by atoms with Gasteiger partial charge in [0.2, 0.25) is 0 Å². The van der Waals surface area contributed by atoms with Crippen LogP contribution in [-0.4, -0.2) is 15.0 Å². The first-order valence-electron chi connectivity index (χ1n) is 16.3. The molecular formula is C45H29N3O. The lowest BCUT2D eigenvalue weighted by Gasteiger charge is -2.13. The van der Waals surface area contributed by atoms with E-state index in [9.17, 15) is 0 Å². The van der Waals surface area contributed by atoms with E-state index in [1.807, 2.05) is 60.8 Å². The number of furan rings is 1. The number of aromatic nitrogens is 3. The number of hydrogen-bond acceptors (Lipinski definition) is 4. The van der Waals surface area contributed by atoms with Gasteiger partial charge in [0.15, 0.2) is 5.82 Å². The molecule has 4 nitrogen and oxygen atoms in total. The Morgan fingerprint density at radius 3 is 1.69 bits per heavy atom. The van der Waals surface area contributed by atoms with Gasteiger partial charge in [-0.3, -0.25) is 4.98 Å². The predicted molar refractivity (Wildman–Crippen MR) is 200 cm³/mol. The van der Waals surface area contributed by atoms with Crippen LogP contribution >= 0.6 is 0 Å². The Kier molecular flexibility index (Phi) is 7.10. The fourth-order valence-electron chi connectivity index (χ4n) is 6.48. The second-order valence-electron chi connectivity index (χ2n) is 12.1. The highest BCUT2D eigenvalue weighted by Gasteiger charge is 2.15. The lowest BCUT2D eigenvalue weighted by Crippen LogP contribution is -1.97. The van der Waals surface area contributed by atoms with Crippen molar-refractivity contribution in [2.75, 3.05) is 0 Å². The molecular weight excluding hydrogens is 599 g/mol. The van der Waals surface area contributed by atoms with Crippen molar-refractivity contribution in [3.05, 3.63) is 176 Å². The van der Waals surface area contributed by atoms with Crippen molar-refractivity contribution in [3.8, 4) is 67.4 Å². The van der Waals surface area contributed by atoms with Gasteiger partial charge in [-0.2, -0.15) is 0 Å². The first-order chi connectivity index (χ1) is 24.2. The van der Waals surface area contributed by atoms with Gasteiger partial charge in [0.05, 0.1) is 17.1 Å². The van der Waals surface area contributed by atoms with Crippen LogP contribution in [0.2, 0.25) is 0 Å². The van der Waals surface area contributed by atoms with Crippen LogP contribution in [0.3, 0.4) is 0 Å². The topological polar surface area (TPSA) is 51.8 Å². The van der Waals surface area contributed by atoms with Gasteiger partial charge >= 0.3 is 0 Å². The lowest BCUT2D eigenvalue weighted by atomic mass is 9.94. The van der Waals surface area contributed by atoms with Crippen LogP contribution in [0.1, 0.15) is 0 Å². The van der Waals surface area contributed by atoms with Crippen molar-refractivity contribution < 1.29 is 4.42 Å². The molecule has 9 aromatic rings. The number of para-hydroxylation sites is 1. The van der Waals surface area contributed by atoms with Crippen LogP contribution in [0.4, 0.5) is 0 Å². The molecule has 0 amide bonds. The van der Waals surface area contributed by atoms with Gasteiger partial charge in [-0.1, -0.05) is 109 Å². The average molecular weight is 628 g/mol. The number of hydrogen-bond donors (Lipinski definition) is 0. The van der Waals surface area contributed by atoms with Crippen molar-refractivity contribution in [1.29, 1.82) is 0 Å². The largest absolute Gasteiger partial charge is 0.456 e. The van der Waals surface area contributed by atoms with E-state index in [2.05, 4.69) is 120 Å². The van der Waals surface area contributed by atoms with Gasteiger partial charge in [0.1, 0.15) is 11.2 Å². The molecule has 3 heterocycles. The van der Waals surface area contributed by atoms with Gasteiger partial charge in [0.25, 0.3) is 0 Å². The Morgan fingerprint density at radius 2 is 0.918 bits per heavy atom. The predicted octanol–water partition coefficient (Wildman–Crippen LogP) is 11.8. The Labute approximate surface area is 284 Å². The summed E-state index contributed by atoms with van der Waals surface area (Å²) < 4.78 is 6.16. The van der Waals surface area contributed by atoms with E-state index in [0.717, 1.165) is 83.5 Å². The molecule has 9 rings (SSSR count). The standard InChI is InChI=1S/C45H29N3O/c1-3-12-30(13-4-1)35-25-36(32-21-22-44-39(28-32)38-18-7-8-20-43(38)49-44)27-37(26-35)42-29-41(47-45(48-42)31-14-5-2-6-15-31)34-17-11-16-33(24-34)40-19-9-10-23-46-40/h1-29H. The molecule has 0 fully saturated rings. The SMILES string of the molecule is c1ccc(-c2cc(-c3ccc4oc5ccccc5c4c3)cc(-c3cc(-c4cccc(-c5ccccn5)c4)nc(-c4ccccc4)n3)c2)cc1. The Bertz CT molecular complexity index is 2590. The maximum Gasteiger partial charge on any atom is 0.160 e. The Hall–Kier alpha value is -6.65. The minimum atomic E-state index is 0.675. The van der Waals surface area contributed by atoms with Crippen LogP contribution in [0.15, 0.2) is 180 Å². The maximum atomic E-state index is 6.16. The third-order valence-corrected chi connectivity index (χ3v) is 8.92. The Morgan fingerprint density at radius 1 is 0.327 bits per heavy atom. The van der Waals surface area contributed by atoms with Crippen LogP contribution < -0.4 is 0 Å². The van der Waals surface area contributed by atoms with Crippen molar-refractivity contribution in [2.45, 2.75) is 0 Å². The Balaban J connectivity index is 1.25. The molecule has 0 bridgehead atoms. The smallest absolute Gasteiger partial charge is 0.160 e. The lowest BCUT2D eigenvalue weighted by molar-refractivity contribution is 0.669. The van der Waals surface area contributed by atoms with E-state index >= 15 is 0 Å². The molecule has 4 heteroatoms. The van der Waals surface area contributed by atoms with E-state index in [0.29, 0.717) is 5.82 Å². The summed E-state index contributed by atoms with van der Waals surface area (Å²) in [5.41, 5.74) is 12.9. The van der Waals surface area contributed by atoms with E-state index in [1.165, 1.54) is 0 Å². The minimum Gasteiger partial charge on any atom is -0.456 e. The number of benzene rings is 6. The highest BCUT2D eigenvalue weighted by atomic mass is 16.3. The third-order valence-electron chi connectivity index (χ3n) is 8.92. The zero-order valence-corrected chi connectivity index (χ0v) is 26.5. The van der Waals surface area contributed by atoms with Gasteiger partial charge in [-0.15, -0.1) is 0 Å². The molecule has 0 radical (unpaired) electrons. The van der Waals surface area contributed by atoms with Crippen molar-refractivity contribution in [1.82, 2.24) is 15.0 Å². The van der Waals surface area contributed by atoms with Gasteiger partial charge in [-0.05, 0) is 82.9 Å². The summed E-state index contributed by atoms with van der Waals surface area (Å²) in [7, 11) is 0. The summed E-state index contributed by atoms with van der Waals surface area (Å²) in [4.78, 5) is 14.9. The van der Waals surface area contributed by atoms with Crippen LogP contribution in [0.25, 0.3) is 89.4 Å². The average Bonchev–Trinajstić information content (AvgIpc) is 3.57. The monoisotopic (exact) mass is 627 g/mol. The number of rotatable bonds is 6. The summed E-state index contributed by atoms with van der Waals surface area (Å²) >= 11 is 0. The first kappa shape index (κ1) is 28.6. The third kappa shape index (κ3) is 5.56. The molecule has 6 aromatic carbocycles. The quantitative estimate of drug-likeness (QED) is 0.184. The van der Waals surface area contributed by atoms with Crippen LogP contribution in [0.5, 0.6) is 0 Å². The molecule has 0 aliphatic rings. The minimum absolute atomic E-state index is 0.675. The summed E-state index contributed by atoms with van der Waals surface area (Å²) in [6.07, 6.45) is 1.82. The summed E-state index contributed by atoms with van der Waals surface area (Å²) in [5.74, 6) is 0.675. The van der Waals surface area contributed by atoms with Crippen LogP contribution in [0, 0.1) is 0 Å². The number of pyridine rings is 1. The molecule has 230 valence electrons. The molecule has 0 aliphatic heterocycles. The molecule has 0 N–H and O–H groups in total. The second kappa shape index (κ2) is 12.2. The second-order valence-corrected chi connectivity index (χ2v) is 12.1. The molecule has 0 saturated heterocycles. The highest BCUT2D eigenvalue weighted by Crippen LogP contribution is 2.37. The van der Waals surface area contributed by atoms with Gasteiger partial charge < -0.3 is 4.42 Å². The van der Waals surface area contributed by atoms with Crippen molar-refractivity contribution in [2.24, 2.45) is 0 Å². The van der Waals surface area contributed by atoms with Crippen molar-refractivity contribution in [3.63, 3.8) is 0 Å². The van der Waals surface area contributed by atoms with E-state index in [1.54, 1.807) is 0 Å². The van der Waals surface area contributed by atoms with Crippen molar-refractivity contribution >= 4 is 21.9 Å². The number of nitrogens with zero attached hydrogens (tertiary/aromatic N) is 3. The van der Waals surface area contributed by atoms with Gasteiger partial charge in [0, 0.05) is 39.2 Å². The summed E-state index contributed by atoms with van der Waals surface area (Å²) in [6, 6.07) is 58.6. The zero-order chi connectivity index (χ0) is 32.6.